The second kappa shape index (κ2) is 7.16. The van der Waals surface area contributed by atoms with Crippen LogP contribution in [0.15, 0.2) is 23.5 Å². The number of nitrogens with one attached hydrogen (secondary N) is 1. The first-order chi connectivity index (χ1) is 9.29. The van der Waals surface area contributed by atoms with Crippen molar-refractivity contribution >= 4 is 5.96 Å². The Morgan fingerprint density at radius 2 is 2.42 bits per heavy atom. The van der Waals surface area contributed by atoms with Crippen molar-refractivity contribution in [1.29, 1.82) is 0 Å². The van der Waals surface area contributed by atoms with Crippen LogP contribution in [0.3, 0.4) is 0 Å². The Morgan fingerprint density at radius 1 is 1.53 bits per heavy atom. The normalized spacial score (nSPS) is 20.6. The molecule has 1 aromatic rings. The second-order valence-corrected chi connectivity index (χ2v) is 5.29. The lowest BCUT2D eigenvalue weighted by Crippen LogP contribution is -2.46. The fourth-order valence-electron chi connectivity index (χ4n) is 2.59. The topological polar surface area (TPSA) is 45.5 Å². The largest absolute Gasteiger partial charge is 0.356 e. The molecule has 2 heterocycles. The third-order valence-corrected chi connectivity index (χ3v) is 3.57. The molecule has 1 unspecified atom stereocenters. The summed E-state index contributed by atoms with van der Waals surface area (Å²) in [5, 5.41) is 7.66. The van der Waals surface area contributed by atoms with Crippen molar-refractivity contribution in [3.8, 4) is 0 Å². The molecule has 0 aliphatic carbocycles. The highest BCUT2D eigenvalue weighted by Gasteiger charge is 2.18. The molecule has 1 aliphatic heterocycles. The zero-order valence-corrected chi connectivity index (χ0v) is 12.0. The van der Waals surface area contributed by atoms with Crippen LogP contribution in [0.4, 0.5) is 0 Å². The Bertz CT molecular complexity index is 385. The summed E-state index contributed by atoms with van der Waals surface area (Å²) in [6, 6.07) is 1.96. The number of aromatic nitrogens is 2. The maximum absolute atomic E-state index is 4.39. The van der Waals surface area contributed by atoms with Gasteiger partial charge in [-0.15, -0.1) is 0 Å². The van der Waals surface area contributed by atoms with Gasteiger partial charge < -0.3 is 10.2 Å². The van der Waals surface area contributed by atoms with E-state index in [-0.39, 0.29) is 0 Å². The van der Waals surface area contributed by atoms with Crippen molar-refractivity contribution in [3.63, 3.8) is 0 Å². The number of hydrogen-bond acceptors (Lipinski definition) is 2. The van der Waals surface area contributed by atoms with Gasteiger partial charge in [-0.05, 0) is 31.2 Å². The van der Waals surface area contributed by atoms with E-state index in [2.05, 4.69) is 27.2 Å². The van der Waals surface area contributed by atoms with Gasteiger partial charge in [-0.2, -0.15) is 5.10 Å². The number of guanidine groups is 1. The van der Waals surface area contributed by atoms with E-state index in [1.807, 2.05) is 30.2 Å². The lowest BCUT2D eigenvalue weighted by atomic mass is 10.0. The second-order valence-electron chi connectivity index (χ2n) is 5.29. The van der Waals surface area contributed by atoms with E-state index in [0.717, 1.165) is 44.5 Å². The maximum atomic E-state index is 4.39. The molecule has 106 valence electrons. The van der Waals surface area contributed by atoms with E-state index in [4.69, 9.17) is 0 Å². The van der Waals surface area contributed by atoms with Crippen LogP contribution in [-0.4, -0.2) is 47.3 Å². The van der Waals surface area contributed by atoms with Crippen molar-refractivity contribution in [1.82, 2.24) is 20.0 Å². The minimum atomic E-state index is 0.774. The minimum Gasteiger partial charge on any atom is -0.356 e. The average Bonchev–Trinajstić information content (AvgIpc) is 2.92. The van der Waals surface area contributed by atoms with Gasteiger partial charge >= 0.3 is 0 Å². The summed E-state index contributed by atoms with van der Waals surface area (Å²) in [7, 11) is 1.87. The molecular weight excluding hydrogens is 238 g/mol. The molecule has 0 aromatic carbocycles. The van der Waals surface area contributed by atoms with Crippen molar-refractivity contribution < 1.29 is 0 Å². The zero-order chi connectivity index (χ0) is 13.5. The number of likely N-dealkylation sites (tertiary alicyclic amines) is 1. The van der Waals surface area contributed by atoms with Crippen LogP contribution < -0.4 is 5.32 Å². The summed E-state index contributed by atoms with van der Waals surface area (Å²) in [6.07, 6.45) is 7.49. The number of hydrogen-bond donors (Lipinski definition) is 1. The van der Waals surface area contributed by atoms with Gasteiger partial charge in [0, 0.05) is 45.6 Å². The third-order valence-electron chi connectivity index (χ3n) is 3.57. The minimum absolute atomic E-state index is 0.774. The van der Waals surface area contributed by atoms with Crippen molar-refractivity contribution in [2.75, 3.05) is 26.7 Å². The standard InChI is InChI=1S/C14H25N5/c1-13-6-3-9-18(12-13)14(15-2)16-7-4-10-19-11-5-8-17-19/h5,8,11,13H,3-4,6-7,9-10,12H2,1-2H3,(H,15,16). The van der Waals surface area contributed by atoms with E-state index in [1.165, 1.54) is 12.8 Å². The summed E-state index contributed by atoms with van der Waals surface area (Å²) in [4.78, 5) is 6.77. The van der Waals surface area contributed by atoms with E-state index in [0.29, 0.717) is 0 Å². The summed E-state index contributed by atoms with van der Waals surface area (Å²) in [5.74, 6) is 1.82. The van der Waals surface area contributed by atoms with Crippen LogP contribution in [0.2, 0.25) is 0 Å². The molecule has 1 aliphatic rings. The molecule has 1 aromatic heterocycles. The summed E-state index contributed by atoms with van der Waals surface area (Å²) >= 11 is 0. The lowest BCUT2D eigenvalue weighted by Gasteiger charge is -2.33. The molecule has 1 atom stereocenters. The van der Waals surface area contributed by atoms with Crippen LogP contribution >= 0.6 is 0 Å². The summed E-state index contributed by atoms with van der Waals surface area (Å²) in [5.41, 5.74) is 0. The molecular formula is C14H25N5. The van der Waals surface area contributed by atoms with Crippen LogP contribution in [0.1, 0.15) is 26.2 Å². The maximum Gasteiger partial charge on any atom is 0.193 e. The van der Waals surface area contributed by atoms with Gasteiger partial charge in [-0.3, -0.25) is 9.67 Å². The first kappa shape index (κ1) is 13.9. The molecule has 0 bridgehead atoms. The van der Waals surface area contributed by atoms with Crippen molar-refractivity contribution in [3.05, 3.63) is 18.5 Å². The first-order valence-electron chi connectivity index (χ1n) is 7.22. The highest BCUT2D eigenvalue weighted by atomic mass is 15.3. The van der Waals surface area contributed by atoms with E-state index in [9.17, 15) is 0 Å². The van der Waals surface area contributed by atoms with E-state index >= 15 is 0 Å². The smallest absolute Gasteiger partial charge is 0.193 e. The molecule has 0 saturated carbocycles. The Balaban J connectivity index is 1.70. The fourth-order valence-corrected chi connectivity index (χ4v) is 2.59. The van der Waals surface area contributed by atoms with Crippen LogP contribution in [0.25, 0.3) is 0 Å². The predicted molar refractivity (Wildman–Crippen MR) is 78.2 cm³/mol. The highest BCUT2D eigenvalue weighted by molar-refractivity contribution is 5.79. The van der Waals surface area contributed by atoms with Crippen LogP contribution in [0.5, 0.6) is 0 Å². The Kier molecular flexibility index (Phi) is 5.24. The number of rotatable bonds is 4. The molecule has 1 fully saturated rings. The van der Waals surface area contributed by atoms with Gasteiger partial charge in [0.2, 0.25) is 0 Å². The molecule has 19 heavy (non-hydrogen) atoms. The lowest BCUT2D eigenvalue weighted by molar-refractivity contribution is 0.266. The quantitative estimate of drug-likeness (QED) is 0.509. The zero-order valence-electron chi connectivity index (χ0n) is 12.0. The highest BCUT2D eigenvalue weighted by Crippen LogP contribution is 2.15. The predicted octanol–water partition coefficient (Wildman–Crippen LogP) is 1.58. The summed E-state index contributed by atoms with van der Waals surface area (Å²) < 4.78 is 1.97. The fraction of sp³-hybridized carbons (Fsp3) is 0.714. The molecule has 2 rings (SSSR count). The average molecular weight is 263 g/mol. The van der Waals surface area contributed by atoms with Gasteiger partial charge in [0.25, 0.3) is 0 Å². The Morgan fingerprint density at radius 3 is 3.11 bits per heavy atom. The van der Waals surface area contributed by atoms with Crippen molar-refractivity contribution in [2.45, 2.75) is 32.7 Å². The molecule has 0 amide bonds. The molecule has 5 nitrogen and oxygen atoms in total. The van der Waals surface area contributed by atoms with Crippen LogP contribution in [-0.2, 0) is 6.54 Å². The number of aliphatic imine (C=N–C) groups is 1. The SMILES string of the molecule is CN=C(NCCCn1cccn1)N1CCCC(C)C1. The monoisotopic (exact) mass is 263 g/mol. The van der Waals surface area contributed by atoms with Gasteiger partial charge in [0.15, 0.2) is 5.96 Å². The number of piperidine rings is 1. The Labute approximate surface area is 115 Å². The molecule has 1 saturated heterocycles. The van der Waals surface area contributed by atoms with Gasteiger partial charge in [-0.25, -0.2) is 0 Å². The third kappa shape index (κ3) is 4.26. The first-order valence-corrected chi connectivity index (χ1v) is 7.22. The van der Waals surface area contributed by atoms with E-state index in [1.54, 1.807) is 0 Å². The van der Waals surface area contributed by atoms with Crippen molar-refractivity contribution in [2.24, 2.45) is 10.9 Å². The van der Waals surface area contributed by atoms with Gasteiger partial charge in [0.05, 0.1) is 0 Å². The van der Waals surface area contributed by atoms with Crippen LogP contribution in [0, 0.1) is 5.92 Å². The number of aryl methyl sites for hydroxylation is 1. The Hall–Kier alpha value is -1.52. The molecule has 1 N–H and O–H groups in total. The summed E-state index contributed by atoms with van der Waals surface area (Å²) in [6.45, 7) is 6.46. The number of nitrogens with zero attached hydrogens (tertiary/aromatic N) is 4. The molecule has 0 radical (unpaired) electrons. The van der Waals surface area contributed by atoms with Gasteiger partial charge in [-0.1, -0.05) is 6.92 Å². The molecule has 0 spiro atoms. The van der Waals surface area contributed by atoms with Gasteiger partial charge in [0.1, 0.15) is 0 Å². The molecule has 5 heteroatoms. The van der Waals surface area contributed by atoms with E-state index < -0.39 is 0 Å².